The minimum Gasteiger partial charge on any atom is -0.356 e. The highest BCUT2D eigenvalue weighted by Crippen LogP contribution is 2.19. The van der Waals surface area contributed by atoms with Crippen LogP contribution in [0, 0.1) is 18.8 Å². The van der Waals surface area contributed by atoms with E-state index in [0.29, 0.717) is 0 Å². The van der Waals surface area contributed by atoms with E-state index >= 15 is 0 Å². The Labute approximate surface area is 198 Å². The molecular formula is C21H39IN6S. The summed E-state index contributed by atoms with van der Waals surface area (Å²) in [5.41, 5.74) is 1.23. The number of piperazine rings is 1. The summed E-state index contributed by atoms with van der Waals surface area (Å²) in [6, 6.07) is 0. The average Bonchev–Trinajstić information content (AvgIpc) is 3.09. The van der Waals surface area contributed by atoms with Crippen LogP contribution in [0.15, 0.2) is 10.4 Å². The standard InChI is InChI=1S/C21H38N6S.HI/c1-17(2)14-26-9-11-27(12-10-26)21(22-4)23-13-19-5-7-25(8-6-19)15-20-16-28-18(3)24-20;/h16-17,19H,5-15H2,1-4H3,(H,22,23);1H. The molecule has 166 valence electrons. The van der Waals surface area contributed by atoms with Crippen molar-refractivity contribution in [2.75, 3.05) is 59.4 Å². The van der Waals surface area contributed by atoms with Crippen LogP contribution in [0.5, 0.6) is 0 Å². The van der Waals surface area contributed by atoms with Gasteiger partial charge in [-0.15, -0.1) is 35.3 Å². The topological polar surface area (TPSA) is 47.0 Å². The normalized spacial score (nSPS) is 20.2. The molecule has 0 saturated carbocycles. The van der Waals surface area contributed by atoms with Gasteiger partial charge in [0.05, 0.1) is 10.7 Å². The molecule has 2 aliphatic rings. The summed E-state index contributed by atoms with van der Waals surface area (Å²) in [6.45, 7) is 16.8. The first-order chi connectivity index (χ1) is 13.5. The molecule has 1 aromatic rings. The third kappa shape index (κ3) is 7.95. The minimum absolute atomic E-state index is 0. The maximum Gasteiger partial charge on any atom is 0.193 e. The van der Waals surface area contributed by atoms with Gasteiger partial charge in [0.25, 0.3) is 0 Å². The third-order valence-electron chi connectivity index (χ3n) is 5.82. The molecule has 1 aromatic heterocycles. The van der Waals surface area contributed by atoms with Crippen molar-refractivity contribution in [3.63, 3.8) is 0 Å². The van der Waals surface area contributed by atoms with Crippen LogP contribution >= 0.6 is 35.3 Å². The van der Waals surface area contributed by atoms with Gasteiger partial charge in [-0.25, -0.2) is 4.98 Å². The molecule has 1 N–H and O–H groups in total. The zero-order valence-electron chi connectivity index (χ0n) is 18.6. The Morgan fingerprint density at radius 2 is 1.86 bits per heavy atom. The Bertz CT molecular complexity index is 618. The summed E-state index contributed by atoms with van der Waals surface area (Å²) < 4.78 is 0. The monoisotopic (exact) mass is 534 g/mol. The van der Waals surface area contributed by atoms with Crippen LogP contribution in [0.4, 0.5) is 0 Å². The van der Waals surface area contributed by atoms with Gasteiger partial charge in [0.2, 0.25) is 0 Å². The Morgan fingerprint density at radius 1 is 1.17 bits per heavy atom. The molecule has 3 rings (SSSR count). The lowest BCUT2D eigenvalue weighted by Crippen LogP contribution is -2.53. The van der Waals surface area contributed by atoms with Crippen molar-refractivity contribution in [3.8, 4) is 0 Å². The predicted octanol–water partition coefficient (Wildman–Crippen LogP) is 3.13. The number of aromatic nitrogens is 1. The zero-order chi connectivity index (χ0) is 19.9. The van der Waals surface area contributed by atoms with Crippen molar-refractivity contribution >= 4 is 41.3 Å². The second-order valence-electron chi connectivity index (χ2n) is 8.69. The van der Waals surface area contributed by atoms with Gasteiger partial charge in [0, 0.05) is 58.2 Å². The van der Waals surface area contributed by atoms with E-state index < -0.39 is 0 Å². The number of halogens is 1. The fourth-order valence-corrected chi connectivity index (χ4v) is 4.89. The molecule has 8 heteroatoms. The van der Waals surface area contributed by atoms with Crippen LogP contribution in [0.2, 0.25) is 0 Å². The Hall–Kier alpha value is -0.450. The molecular weight excluding hydrogens is 495 g/mol. The minimum atomic E-state index is 0. The number of rotatable bonds is 6. The van der Waals surface area contributed by atoms with Crippen LogP contribution in [-0.2, 0) is 6.54 Å². The first-order valence-corrected chi connectivity index (χ1v) is 11.7. The molecule has 0 bridgehead atoms. The van der Waals surface area contributed by atoms with Crippen molar-refractivity contribution in [1.29, 1.82) is 0 Å². The van der Waals surface area contributed by atoms with Crippen LogP contribution < -0.4 is 5.32 Å². The van der Waals surface area contributed by atoms with Gasteiger partial charge in [0.1, 0.15) is 0 Å². The van der Waals surface area contributed by atoms with E-state index in [1.807, 2.05) is 7.05 Å². The number of likely N-dealkylation sites (tertiary alicyclic amines) is 1. The summed E-state index contributed by atoms with van der Waals surface area (Å²) in [4.78, 5) is 16.7. The number of guanidine groups is 1. The molecule has 0 unspecified atom stereocenters. The van der Waals surface area contributed by atoms with E-state index in [1.54, 1.807) is 11.3 Å². The fraction of sp³-hybridized carbons (Fsp3) is 0.810. The molecule has 2 fully saturated rings. The van der Waals surface area contributed by atoms with Gasteiger partial charge < -0.3 is 10.2 Å². The summed E-state index contributed by atoms with van der Waals surface area (Å²) in [5.74, 6) is 2.58. The highest BCUT2D eigenvalue weighted by atomic mass is 127. The van der Waals surface area contributed by atoms with Gasteiger partial charge in [-0.05, 0) is 44.7 Å². The zero-order valence-corrected chi connectivity index (χ0v) is 21.7. The van der Waals surface area contributed by atoms with E-state index in [9.17, 15) is 0 Å². The van der Waals surface area contributed by atoms with Gasteiger partial charge in [-0.2, -0.15) is 0 Å². The van der Waals surface area contributed by atoms with E-state index in [-0.39, 0.29) is 24.0 Å². The predicted molar refractivity (Wildman–Crippen MR) is 134 cm³/mol. The number of piperidine rings is 1. The first-order valence-electron chi connectivity index (χ1n) is 10.8. The van der Waals surface area contributed by atoms with Gasteiger partial charge in [0.15, 0.2) is 5.96 Å². The van der Waals surface area contributed by atoms with Crippen LogP contribution in [0.3, 0.4) is 0 Å². The Kier molecular flexibility index (Phi) is 10.6. The number of aliphatic imine (C=N–C) groups is 1. The van der Waals surface area contributed by atoms with Crippen LogP contribution in [0.25, 0.3) is 0 Å². The number of nitrogens with one attached hydrogen (secondary N) is 1. The SMILES string of the molecule is CN=C(NCC1CCN(Cc2csc(C)n2)CC1)N1CCN(CC(C)C)CC1.I. The highest BCUT2D eigenvalue weighted by Gasteiger charge is 2.23. The number of thiazole rings is 1. The van der Waals surface area contributed by atoms with Gasteiger partial charge in [-0.1, -0.05) is 13.8 Å². The molecule has 6 nitrogen and oxygen atoms in total. The molecule has 2 saturated heterocycles. The van der Waals surface area contributed by atoms with Crippen LogP contribution in [0.1, 0.15) is 37.4 Å². The lowest BCUT2D eigenvalue weighted by atomic mass is 9.97. The fourth-order valence-electron chi connectivity index (χ4n) is 4.29. The molecule has 0 atom stereocenters. The number of hydrogen-bond acceptors (Lipinski definition) is 5. The average molecular weight is 535 g/mol. The number of aryl methyl sites for hydroxylation is 1. The highest BCUT2D eigenvalue weighted by molar-refractivity contribution is 14.0. The second-order valence-corrected chi connectivity index (χ2v) is 9.75. The lowest BCUT2D eigenvalue weighted by Gasteiger charge is -2.38. The molecule has 0 aromatic carbocycles. The smallest absolute Gasteiger partial charge is 0.193 e. The number of hydrogen-bond donors (Lipinski definition) is 1. The number of nitrogens with zero attached hydrogens (tertiary/aromatic N) is 5. The molecule has 0 radical (unpaired) electrons. The summed E-state index contributed by atoms with van der Waals surface area (Å²) in [5, 5.41) is 7.03. The van der Waals surface area contributed by atoms with E-state index in [2.05, 4.69) is 56.1 Å². The third-order valence-corrected chi connectivity index (χ3v) is 6.64. The van der Waals surface area contributed by atoms with E-state index in [4.69, 9.17) is 0 Å². The van der Waals surface area contributed by atoms with Crippen molar-refractivity contribution in [1.82, 2.24) is 25.0 Å². The van der Waals surface area contributed by atoms with E-state index in [0.717, 1.165) is 57.1 Å². The van der Waals surface area contributed by atoms with Gasteiger partial charge >= 0.3 is 0 Å². The first kappa shape index (κ1) is 24.8. The van der Waals surface area contributed by atoms with E-state index in [1.165, 1.54) is 43.2 Å². The molecule has 0 spiro atoms. The molecule has 0 amide bonds. The maximum atomic E-state index is 4.61. The lowest BCUT2D eigenvalue weighted by molar-refractivity contribution is 0.160. The van der Waals surface area contributed by atoms with Crippen molar-refractivity contribution in [3.05, 3.63) is 16.1 Å². The van der Waals surface area contributed by atoms with Gasteiger partial charge in [-0.3, -0.25) is 14.8 Å². The van der Waals surface area contributed by atoms with Crippen LogP contribution in [-0.4, -0.2) is 85.0 Å². The molecule has 29 heavy (non-hydrogen) atoms. The Balaban J connectivity index is 0.00000300. The second kappa shape index (κ2) is 12.4. The summed E-state index contributed by atoms with van der Waals surface area (Å²) in [7, 11) is 1.92. The van der Waals surface area contributed by atoms with Crippen molar-refractivity contribution < 1.29 is 0 Å². The summed E-state index contributed by atoms with van der Waals surface area (Å²) >= 11 is 1.75. The largest absolute Gasteiger partial charge is 0.356 e. The molecule has 3 heterocycles. The van der Waals surface area contributed by atoms with Crippen molar-refractivity contribution in [2.24, 2.45) is 16.8 Å². The van der Waals surface area contributed by atoms with Crippen molar-refractivity contribution in [2.45, 2.75) is 40.2 Å². The molecule has 2 aliphatic heterocycles. The molecule has 0 aliphatic carbocycles. The summed E-state index contributed by atoms with van der Waals surface area (Å²) in [6.07, 6.45) is 2.52. The quantitative estimate of drug-likeness (QED) is 0.345. The Morgan fingerprint density at radius 3 is 2.41 bits per heavy atom. The maximum absolute atomic E-state index is 4.61.